The number of aryl methyl sites for hydroxylation is 1. The third kappa shape index (κ3) is 5.16. The third-order valence-corrected chi connectivity index (χ3v) is 8.75. The first-order chi connectivity index (χ1) is 17.0. The van der Waals surface area contributed by atoms with Crippen molar-refractivity contribution in [2.75, 3.05) is 31.5 Å². The molecule has 3 saturated heterocycles. The Morgan fingerprint density at radius 2 is 1.69 bits per heavy atom. The lowest BCUT2D eigenvalue weighted by atomic mass is 9.74. The molecule has 2 bridgehead atoms. The molecule has 1 atom stereocenters. The average molecular weight is 476 g/mol. The Balaban J connectivity index is 1.29. The van der Waals surface area contributed by atoms with Crippen molar-refractivity contribution in [3.8, 4) is 0 Å². The highest BCUT2D eigenvalue weighted by Gasteiger charge is 2.51. The third-order valence-electron chi connectivity index (χ3n) is 8.75. The molecule has 0 spiro atoms. The predicted octanol–water partition coefficient (Wildman–Crippen LogP) is 5.38. The van der Waals surface area contributed by atoms with Crippen LogP contribution in [-0.2, 0) is 19.7 Å². The van der Waals surface area contributed by atoms with Gasteiger partial charge in [-0.2, -0.15) is 0 Å². The van der Waals surface area contributed by atoms with Gasteiger partial charge >= 0.3 is 5.97 Å². The lowest BCUT2D eigenvalue weighted by Crippen LogP contribution is -2.66. The Hall–Kier alpha value is -2.66. The van der Waals surface area contributed by atoms with Crippen LogP contribution in [0.25, 0.3) is 0 Å². The molecule has 3 heterocycles. The standard InChI is InChI=1S/C30H38N2O3/c1-23-10-9-13-26(20-23)31-28(33)22-32-18-14-24(15-19-32)27(21-32)35-29(34)30(16-7-2-3-8-17-30)25-11-5-4-6-12-25/h4-6,9-13,20,24,27H,2-3,7-8,14-19,21-22H2,1H3/p+1. The molecule has 0 aromatic heterocycles. The van der Waals surface area contributed by atoms with Gasteiger partial charge in [-0.3, -0.25) is 9.59 Å². The van der Waals surface area contributed by atoms with Crippen molar-refractivity contribution >= 4 is 17.6 Å². The van der Waals surface area contributed by atoms with Crippen molar-refractivity contribution in [3.63, 3.8) is 0 Å². The van der Waals surface area contributed by atoms with Crippen molar-refractivity contribution in [1.29, 1.82) is 0 Å². The number of amides is 1. The smallest absolute Gasteiger partial charge is 0.317 e. The molecule has 1 saturated carbocycles. The summed E-state index contributed by atoms with van der Waals surface area (Å²) in [5.41, 5.74) is 2.55. The summed E-state index contributed by atoms with van der Waals surface area (Å²) in [6, 6.07) is 18.2. The summed E-state index contributed by atoms with van der Waals surface area (Å²) < 4.78 is 7.16. The number of hydrogen-bond acceptors (Lipinski definition) is 3. The van der Waals surface area contributed by atoms with E-state index in [0.29, 0.717) is 12.5 Å². The first-order valence-electron chi connectivity index (χ1n) is 13.5. The lowest BCUT2D eigenvalue weighted by molar-refractivity contribution is -0.939. The minimum absolute atomic E-state index is 0.0355. The number of nitrogens with zero attached hydrogens (tertiary/aromatic N) is 1. The number of benzene rings is 2. The summed E-state index contributed by atoms with van der Waals surface area (Å²) >= 11 is 0. The monoisotopic (exact) mass is 475 g/mol. The molecular weight excluding hydrogens is 436 g/mol. The Morgan fingerprint density at radius 1 is 0.971 bits per heavy atom. The van der Waals surface area contributed by atoms with Crippen LogP contribution in [0.1, 0.15) is 62.5 Å². The zero-order valence-electron chi connectivity index (χ0n) is 21.0. The van der Waals surface area contributed by atoms with Crippen LogP contribution in [0.3, 0.4) is 0 Å². The van der Waals surface area contributed by atoms with Gasteiger partial charge in [-0.1, -0.05) is 68.1 Å². The zero-order chi connectivity index (χ0) is 24.3. The van der Waals surface area contributed by atoms with E-state index in [1.165, 1.54) is 12.8 Å². The van der Waals surface area contributed by atoms with Gasteiger partial charge in [0.2, 0.25) is 0 Å². The van der Waals surface area contributed by atoms with Crippen LogP contribution in [0.2, 0.25) is 0 Å². The van der Waals surface area contributed by atoms with E-state index in [1.54, 1.807) is 0 Å². The van der Waals surface area contributed by atoms with Crippen molar-refractivity contribution in [1.82, 2.24) is 0 Å². The van der Waals surface area contributed by atoms with Crippen LogP contribution in [0, 0.1) is 12.8 Å². The molecule has 1 aliphatic carbocycles. The zero-order valence-corrected chi connectivity index (χ0v) is 21.0. The molecule has 2 aromatic rings. The highest BCUT2D eigenvalue weighted by Crippen LogP contribution is 2.42. The van der Waals surface area contributed by atoms with Gasteiger partial charge in [0, 0.05) is 24.4 Å². The van der Waals surface area contributed by atoms with Crippen LogP contribution in [0.15, 0.2) is 54.6 Å². The van der Waals surface area contributed by atoms with E-state index in [1.807, 2.05) is 49.4 Å². The summed E-state index contributed by atoms with van der Waals surface area (Å²) in [7, 11) is 0. The predicted molar refractivity (Wildman–Crippen MR) is 138 cm³/mol. The fraction of sp³-hybridized carbons (Fsp3) is 0.533. The van der Waals surface area contributed by atoms with E-state index >= 15 is 0 Å². The van der Waals surface area contributed by atoms with Gasteiger partial charge < -0.3 is 14.5 Å². The molecule has 4 fully saturated rings. The highest BCUT2D eigenvalue weighted by atomic mass is 16.5. The average Bonchev–Trinajstić information content (AvgIpc) is 3.12. The van der Waals surface area contributed by atoms with Crippen molar-refractivity contribution < 1.29 is 18.8 Å². The minimum Gasteiger partial charge on any atom is -0.455 e. The number of fused-ring (bicyclic) bond motifs is 3. The number of hydrogen-bond donors (Lipinski definition) is 1. The van der Waals surface area contributed by atoms with Gasteiger partial charge in [-0.15, -0.1) is 0 Å². The molecule has 0 radical (unpaired) electrons. The molecular formula is C30H39N2O3+. The van der Waals surface area contributed by atoms with E-state index in [2.05, 4.69) is 17.4 Å². The van der Waals surface area contributed by atoms with Gasteiger partial charge in [0.05, 0.1) is 18.5 Å². The Morgan fingerprint density at radius 3 is 2.37 bits per heavy atom. The van der Waals surface area contributed by atoms with Crippen molar-refractivity contribution in [2.24, 2.45) is 5.92 Å². The molecule has 186 valence electrons. The molecule has 2 aromatic carbocycles. The SMILES string of the molecule is Cc1cccc(NC(=O)C[N+]23CCC(CC2)C(OC(=O)C2(c4ccccc4)CCCCCC2)C3)c1. The number of nitrogens with one attached hydrogen (secondary N) is 1. The first-order valence-corrected chi connectivity index (χ1v) is 13.5. The van der Waals surface area contributed by atoms with E-state index in [9.17, 15) is 9.59 Å². The number of quaternary nitrogens is 1. The number of rotatable bonds is 6. The molecule has 1 unspecified atom stereocenters. The van der Waals surface area contributed by atoms with Gasteiger partial charge in [0.1, 0.15) is 6.54 Å². The van der Waals surface area contributed by atoms with Gasteiger partial charge in [-0.05, 0) is 43.0 Å². The van der Waals surface area contributed by atoms with E-state index in [-0.39, 0.29) is 18.0 Å². The molecule has 6 rings (SSSR count). The molecule has 4 aliphatic rings. The van der Waals surface area contributed by atoms with Gasteiger partial charge in [-0.25, -0.2) is 0 Å². The van der Waals surface area contributed by atoms with Gasteiger partial charge in [0.25, 0.3) is 5.91 Å². The van der Waals surface area contributed by atoms with Gasteiger partial charge in [0.15, 0.2) is 12.6 Å². The molecule has 35 heavy (non-hydrogen) atoms. The number of carbonyl (C=O) groups is 2. The highest BCUT2D eigenvalue weighted by molar-refractivity contribution is 5.91. The second-order valence-electron chi connectivity index (χ2n) is 11.2. The summed E-state index contributed by atoms with van der Waals surface area (Å²) in [6.45, 7) is 5.21. The maximum absolute atomic E-state index is 13.9. The van der Waals surface area contributed by atoms with Crippen LogP contribution < -0.4 is 5.32 Å². The molecule has 1 amide bonds. The fourth-order valence-corrected chi connectivity index (χ4v) is 6.76. The quantitative estimate of drug-likeness (QED) is 0.347. The molecule has 3 aliphatic heterocycles. The normalized spacial score (nSPS) is 27.6. The van der Waals surface area contributed by atoms with Crippen molar-refractivity contribution in [3.05, 3.63) is 65.7 Å². The number of ether oxygens (including phenoxy) is 1. The lowest BCUT2D eigenvalue weighted by Gasteiger charge is -2.52. The Kier molecular flexibility index (Phi) is 6.97. The van der Waals surface area contributed by atoms with Crippen molar-refractivity contribution in [2.45, 2.75) is 69.8 Å². The van der Waals surface area contributed by atoms with Crippen LogP contribution >= 0.6 is 0 Å². The van der Waals surface area contributed by atoms with Crippen LogP contribution in [-0.4, -0.2) is 48.6 Å². The maximum atomic E-state index is 13.9. The van der Waals surface area contributed by atoms with Crippen LogP contribution in [0.4, 0.5) is 5.69 Å². The maximum Gasteiger partial charge on any atom is 0.317 e. The summed E-state index contributed by atoms with van der Waals surface area (Å²) in [5, 5.41) is 3.09. The minimum atomic E-state index is -0.531. The number of anilines is 1. The summed E-state index contributed by atoms with van der Waals surface area (Å²) in [6.07, 6.45) is 8.18. The number of piperidine rings is 3. The number of carbonyl (C=O) groups excluding carboxylic acids is 2. The number of esters is 1. The second-order valence-corrected chi connectivity index (χ2v) is 11.2. The van der Waals surface area contributed by atoms with E-state index in [4.69, 9.17) is 4.74 Å². The summed E-state index contributed by atoms with van der Waals surface area (Å²) in [4.78, 5) is 26.9. The largest absolute Gasteiger partial charge is 0.455 e. The molecule has 5 heteroatoms. The summed E-state index contributed by atoms with van der Waals surface area (Å²) in [5.74, 6) is 0.426. The molecule has 5 nitrogen and oxygen atoms in total. The first kappa shape index (κ1) is 24.1. The fourth-order valence-electron chi connectivity index (χ4n) is 6.76. The Labute approximate surface area is 209 Å². The van der Waals surface area contributed by atoms with E-state index < -0.39 is 5.41 Å². The second kappa shape index (κ2) is 10.1. The van der Waals surface area contributed by atoms with Crippen LogP contribution in [0.5, 0.6) is 0 Å². The molecule has 1 N–H and O–H groups in total. The topological polar surface area (TPSA) is 55.4 Å². The Bertz CT molecular complexity index is 1030. The van der Waals surface area contributed by atoms with E-state index in [0.717, 1.165) is 79.5 Å².